The summed E-state index contributed by atoms with van der Waals surface area (Å²) in [6.07, 6.45) is 1.64. The van der Waals surface area contributed by atoms with Crippen LogP contribution in [0, 0.1) is 0 Å². The SMILES string of the molecule is CCCC(=O)N1c2ccccc2-c2c(=O)[nH]c(SCC)n[n+]2[C@@H]1CC. The Bertz CT molecular complexity index is 849. The second-order valence-electron chi connectivity index (χ2n) is 5.91. The molecule has 1 atom stereocenters. The van der Waals surface area contributed by atoms with Gasteiger partial charge in [0.25, 0.3) is 6.17 Å². The molecule has 0 aliphatic carbocycles. The molecule has 0 spiro atoms. The highest BCUT2D eigenvalue weighted by atomic mass is 32.2. The summed E-state index contributed by atoms with van der Waals surface area (Å²) < 4.78 is 1.73. The standard InChI is InChI=1S/C18H22N4O2S/c1-4-9-15(23)21-13-11-8-7-10-12(13)16-17(24)19-18(25-6-3)20-22(16)14(21)5-2/h7-8,10-11,14H,4-6,9H2,1-3H3/p+1/t14-/m1/s1. The Labute approximate surface area is 151 Å². The van der Waals surface area contributed by atoms with Gasteiger partial charge in [-0.2, -0.15) is 0 Å². The van der Waals surface area contributed by atoms with Crippen molar-refractivity contribution < 1.29 is 9.48 Å². The highest BCUT2D eigenvalue weighted by Crippen LogP contribution is 2.36. The highest BCUT2D eigenvalue weighted by molar-refractivity contribution is 7.99. The molecule has 132 valence electrons. The minimum atomic E-state index is -0.289. The first kappa shape index (κ1) is 17.7. The summed E-state index contributed by atoms with van der Waals surface area (Å²) in [7, 11) is 0. The van der Waals surface area contributed by atoms with Crippen LogP contribution < -0.4 is 15.1 Å². The molecule has 1 aromatic carbocycles. The molecule has 1 amide bonds. The molecule has 3 rings (SSSR count). The Morgan fingerprint density at radius 3 is 2.76 bits per heavy atom. The molecule has 1 aliphatic heterocycles. The van der Waals surface area contributed by atoms with Crippen molar-refractivity contribution in [1.82, 2.24) is 10.1 Å². The number of nitrogens with zero attached hydrogens (tertiary/aromatic N) is 3. The van der Waals surface area contributed by atoms with Crippen LogP contribution in [0.15, 0.2) is 34.2 Å². The third-order valence-corrected chi connectivity index (χ3v) is 4.99. The molecule has 25 heavy (non-hydrogen) atoms. The van der Waals surface area contributed by atoms with Gasteiger partial charge in [-0.1, -0.05) is 49.3 Å². The minimum absolute atomic E-state index is 0.0618. The molecule has 1 aliphatic rings. The number of H-pyrrole nitrogens is 1. The van der Waals surface area contributed by atoms with Crippen molar-refractivity contribution in [2.24, 2.45) is 0 Å². The number of benzene rings is 1. The number of para-hydroxylation sites is 1. The molecule has 0 fully saturated rings. The molecule has 7 heteroatoms. The molecule has 2 heterocycles. The lowest BCUT2D eigenvalue weighted by Crippen LogP contribution is -2.60. The van der Waals surface area contributed by atoms with Gasteiger partial charge in [0.2, 0.25) is 11.1 Å². The van der Waals surface area contributed by atoms with Crippen molar-refractivity contribution in [2.45, 2.75) is 51.4 Å². The van der Waals surface area contributed by atoms with Crippen LogP contribution >= 0.6 is 11.8 Å². The zero-order chi connectivity index (χ0) is 18.0. The smallest absolute Gasteiger partial charge is 0.291 e. The summed E-state index contributed by atoms with van der Waals surface area (Å²) >= 11 is 1.49. The van der Waals surface area contributed by atoms with Crippen LogP contribution in [0.3, 0.4) is 0 Å². The zero-order valence-corrected chi connectivity index (χ0v) is 15.6. The van der Waals surface area contributed by atoms with Crippen molar-refractivity contribution in [2.75, 3.05) is 10.7 Å². The lowest BCUT2D eigenvalue weighted by Gasteiger charge is -2.31. The maximum absolute atomic E-state index is 12.8. The second-order valence-corrected chi connectivity index (χ2v) is 7.16. The van der Waals surface area contributed by atoms with Gasteiger partial charge in [0.1, 0.15) is 0 Å². The molecular formula is C18H23N4O2S+. The van der Waals surface area contributed by atoms with Gasteiger partial charge in [-0.15, -0.1) is 0 Å². The summed E-state index contributed by atoms with van der Waals surface area (Å²) in [5.74, 6) is 0.875. The number of nitrogens with one attached hydrogen (secondary N) is 1. The van der Waals surface area contributed by atoms with Crippen molar-refractivity contribution in [1.29, 1.82) is 0 Å². The van der Waals surface area contributed by atoms with Gasteiger partial charge in [0, 0.05) is 17.9 Å². The molecule has 6 nitrogen and oxygen atoms in total. The Hall–Kier alpha value is -2.15. The molecule has 1 aromatic heterocycles. The molecular weight excluding hydrogens is 336 g/mol. The maximum Gasteiger partial charge on any atom is 0.325 e. The van der Waals surface area contributed by atoms with Crippen LogP contribution in [-0.2, 0) is 4.79 Å². The molecule has 0 bridgehead atoms. The van der Waals surface area contributed by atoms with Crippen molar-refractivity contribution in [3.05, 3.63) is 34.6 Å². The van der Waals surface area contributed by atoms with E-state index in [9.17, 15) is 9.59 Å². The molecule has 2 aromatic rings. The van der Waals surface area contributed by atoms with Crippen molar-refractivity contribution >= 4 is 23.4 Å². The topological polar surface area (TPSA) is 69.9 Å². The van der Waals surface area contributed by atoms with Crippen LogP contribution in [0.2, 0.25) is 0 Å². The van der Waals surface area contributed by atoms with Gasteiger partial charge in [0.15, 0.2) is 0 Å². The zero-order valence-electron chi connectivity index (χ0n) is 14.8. The Kier molecular flexibility index (Phi) is 5.22. The van der Waals surface area contributed by atoms with E-state index in [1.54, 1.807) is 9.58 Å². The van der Waals surface area contributed by atoms with E-state index in [1.807, 2.05) is 45.0 Å². The van der Waals surface area contributed by atoms with Crippen molar-refractivity contribution in [3.63, 3.8) is 0 Å². The van der Waals surface area contributed by atoms with E-state index in [4.69, 9.17) is 0 Å². The van der Waals surface area contributed by atoms with E-state index in [0.29, 0.717) is 23.7 Å². The Morgan fingerprint density at radius 2 is 2.08 bits per heavy atom. The summed E-state index contributed by atoms with van der Waals surface area (Å²) in [5, 5.41) is 5.22. The van der Waals surface area contributed by atoms with Crippen LogP contribution in [-0.4, -0.2) is 21.7 Å². The predicted molar refractivity (Wildman–Crippen MR) is 98.6 cm³/mol. The van der Waals surface area contributed by atoms with Crippen LogP contribution in [0.25, 0.3) is 11.3 Å². The average molecular weight is 359 g/mol. The van der Waals surface area contributed by atoms with Gasteiger partial charge in [-0.05, 0) is 24.3 Å². The summed E-state index contributed by atoms with van der Waals surface area (Å²) in [5.41, 5.74) is 1.89. The first-order chi connectivity index (χ1) is 12.1. The Morgan fingerprint density at radius 1 is 1.32 bits per heavy atom. The van der Waals surface area contributed by atoms with Gasteiger partial charge >= 0.3 is 11.3 Å². The highest BCUT2D eigenvalue weighted by Gasteiger charge is 2.43. The van der Waals surface area contributed by atoms with Crippen LogP contribution in [0.4, 0.5) is 5.69 Å². The quantitative estimate of drug-likeness (QED) is 0.658. The number of carbonyl (C=O) groups excluding carboxylic acids is 1. The van der Waals surface area contributed by atoms with Gasteiger partial charge in [-0.3, -0.25) is 14.6 Å². The van der Waals surface area contributed by atoms with E-state index in [1.165, 1.54) is 11.8 Å². The second kappa shape index (κ2) is 7.39. The number of anilines is 1. The normalized spacial score (nSPS) is 15.6. The number of hydrogen-bond donors (Lipinski definition) is 1. The summed E-state index contributed by atoms with van der Waals surface area (Å²) in [4.78, 5) is 30.2. The number of aromatic amines is 1. The third-order valence-electron chi connectivity index (χ3n) is 4.24. The molecule has 0 saturated heterocycles. The Balaban J connectivity index is 2.26. The lowest BCUT2D eigenvalue weighted by atomic mass is 10.0. The van der Waals surface area contributed by atoms with Crippen LogP contribution in [0.1, 0.15) is 46.2 Å². The fourth-order valence-electron chi connectivity index (χ4n) is 3.24. The fraction of sp³-hybridized carbons (Fsp3) is 0.444. The molecule has 0 saturated carbocycles. The van der Waals surface area contributed by atoms with E-state index >= 15 is 0 Å². The number of hydrogen-bond acceptors (Lipinski definition) is 4. The van der Waals surface area contributed by atoms with E-state index in [-0.39, 0.29) is 17.6 Å². The summed E-state index contributed by atoms with van der Waals surface area (Å²) in [6, 6.07) is 7.56. The average Bonchev–Trinajstić information content (AvgIpc) is 2.60. The van der Waals surface area contributed by atoms with E-state index in [2.05, 4.69) is 10.1 Å². The lowest BCUT2D eigenvalue weighted by molar-refractivity contribution is -0.771. The van der Waals surface area contributed by atoms with Crippen LogP contribution in [0.5, 0.6) is 0 Å². The van der Waals surface area contributed by atoms with Crippen molar-refractivity contribution in [3.8, 4) is 11.3 Å². The number of thioether (sulfide) groups is 1. The third kappa shape index (κ3) is 3.08. The monoisotopic (exact) mass is 359 g/mol. The van der Waals surface area contributed by atoms with Gasteiger partial charge in [-0.25, -0.2) is 4.90 Å². The minimum Gasteiger partial charge on any atom is -0.291 e. The van der Waals surface area contributed by atoms with E-state index in [0.717, 1.165) is 23.4 Å². The number of fused-ring (bicyclic) bond motifs is 3. The van der Waals surface area contributed by atoms with Gasteiger partial charge in [0.05, 0.1) is 11.3 Å². The number of aromatic nitrogens is 3. The number of carbonyl (C=O) groups is 1. The van der Waals surface area contributed by atoms with Gasteiger partial charge < -0.3 is 0 Å². The first-order valence-electron chi connectivity index (χ1n) is 8.72. The summed E-state index contributed by atoms with van der Waals surface area (Å²) in [6.45, 7) is 6.02. The van der Waals surface area contributed by atoms with E-state index < -0.39 is 0 Å². The molecule has 0 radical (unpaired) electrons. The fourth-order valence-corrected chi connectivity index (χ4v) is 3.82. The largest absolute Gasteiger partial charge is 0.325 e. The number of amides is 1. The molecule has 1 N–H and O–H groups in total. The molecule has 0 unspecified atom stereocenters. The predicted octanol–water partition coefficient (Wildman–Crippen LogP) is 2.89. The maximum atomic E-state index is 12.8. The number of rotatable bonds is 5. The first-order valence-corrected chi connectivity index (χ1v) is 9.71.